The summed E-state index contributed by atoms with van der Waals surface area (Å²) in [5.74, 6) is 0.293. The summed E-state index contributed by atoms with van der Waals surface area (Å²) < 4.78 is 36.0. The highest BCUT2D eigenvalue weighted by molar-refractivity contribution is 5.82. The molecule has 2 saturated carbocycles. The van der Waals surface area contributed by atoms with Gasteiger partial charge in [-0.05, 0) is 24.7 Å². The van der Waals surface area contributed by atoms with Crippen molar-refractivity contribution in [1.82, 2.24) is 5.32 Å². The summed E-state index contributed by atoms with van der Waals surface area (Å²) in [6, 6.07) is 0. The van der Waals surface area contributed by atoms with Gasteiger partial charge in [0.05, 0.1) is 6.54 Å². The Kier molecular flexibility index (Phi) is 3.34. The van der Waals surface area contributed by atoms with E-state index in [1.165, 1.54) is 0 Å². The highest BCUT2D eigenvalue weighted by Gasteiger charge is 2.54. The minimum Gasteiger partial charge on any atom is -0.382 e. The first-order valence-corrected chi connectivity index (χ1v) is 5.93. The van der Waals surface area contributed by atoms with Gasteiger partial charge in [0, 0.05) is 5.92 Å². The van der Waals surface area contributed by atoms with E-state index in [4.69, 9.17) is 5.11 Å². The summed E-state index contributed by atoms with van der Waals surface area (Å²) in [5.41, 5.74) is 0. The lowest BCUT2D eigenvalue weighted by Crippen LogP contribution is -2.41. The topological polar surface area (TPSA) is 49.3 Å². The Bertz CT molecular complexity index is 294. The maximum absolute atomic E-state index is 12.0. The van der Waals surface area contributed by atoms with Gasteiger partial charge >= 0.3 is 6.18 Å². The van der Waals surface area contributed by atoms with E-state index in [0.29, 0.717) is 11.8 Å². The molecule has 3 nitrogen and oxygen atoms in total. The Labute approximate surface area is 97.4 Å². The minimum absolute atomic E-state index is 0.113. The Morgan fingerprint density at radius 1 is 1.29 bits per heavy atom. The number of halogens is 3. The monoisotopic (exact) mass is 251 g/mol. The van der Waals surface area contributed by atoms with Crippen molar-refractivity contribution in [1.29, 1.82) is 0 Å². The molecule has 0 bridgehead atoms. The van der Waals surface area contributed by atoms with Crippen LogP contribution in [0.4, 0.5) is 13.2 Å². The van der Waals surface area contributed by atoms with E-state index in [1.54, 1.807) is 0 Å². The first-order chi connectivity index (χ1) is 7.91. The van der Waals surface area contributed by atoms with Crippen molar-refractivity contribution in [2.45, 2.75) is 38.0 Å². The zero-order valence-electron chi connectivity index (χ0n) is 9.33. The average molecular weight is 251 g/mol. The van der Waals surface area contributed by atoms with Gasteiger partial charge in [-0.1, -0.05) is 12.8 Å². The van der Waals surface area contributed by atoms with Crippen molar-refractivity contribution < 1.29 is 23.1 Å². The number of carbonyl (C=O) groups excluding carboxylic acids is 1. The Morgan fingerprint density at radius 2 is 1.82 bits per heavy atom. The third kappa shape index (κ3) is 2.73. The maximum Gasteiger partial charge on any atom is 0.416 e. The standard InChI is InChI=1S/C11H16F3NO2/c12-11(13,14)8(16)5-15-10(17)9-6-3-1-2-4-7(6)9/h6-9,16H,1-5H2,(H,15,17). The lowest BCUT2D eigenvalue weighted by atomic mass is 10.0. The van der Waals surface area contributed by atoms with Gasteiger partial charge in [0.1, 0.15) is 0 Å². The van der Waals surface area contributed by atoms with Crippen LogP contribution in [0.5, 0.6) is 0 Å². The first kappa shape index (κ1) is 12.7. The molecule has 6 heteroatoms. The van der Waals surface area contributed by atoms with E-state index in [2.05, 4.69) is 5.32 Å². The third-order valence-corrected chi connectivity index (χ3v) is 3.81. The third-order valence-electron chi connectivity index (χ3n) is 3.81. The van der Waals surface area contributed by atoms with E-state index in [0.717, 1.165) is 25.7 Å². The number of aliphatic hydroxyl groups excluding tert-OH is 1. The first-order valence-electron chi connectivity index (χ1n) is 5.93. The van der Waals surface area contributed by atoms with Crippen LogP contribution in [0.25, 0.3) is 0 Å². The molecule has 0 aromatic heterocycles. The number of rotatable bonds is 3. The van der Waals surface area contributed by atoms with Crippen molar-refractivity contribution in [2.75, 3.05) is 6.54 Å². The number of nitrogens with one attached hydrogen (secondary N) is 1. The quantitative estimate of drug-likeness (QED) is 0.797. The molecule has 0 spiro atoms. The van der Waals surface area contributed by atoms with Crippen LogP contribution < -0.4 is 5.32 Å². The number of alkyl halides is 3. The van der Waals surface area contributed by atoms with E-state index in [9.17, 15) is 18.0 Å². The van der Waals surface area contributed by atoms with Gasteiger partial charge in [-0.2, -0.15) is 13.2 Å². The summed E-state index contributed by atoms with van der Waals surface area (Å²) in [5, 5.41) is 11.0. The molecule has 2 N–H and O–H groups in total. The molecule has 2 rings (SSSR count). The molecule has 2 fully saturated rings. The average Bonchev–Trinajstić information content (AvgIpc) is 2.98. The number of carbonyl (C=O) groups is 1. The molecule has 0 aromatic carbocycles. The molecule has 0 saturated heterocycles. The van der Waals surface area contributed by atoms with Gasteiger partial charge in [0.15, 0.2) is 6.10 Å². The van der Waals surface area contributed by atoms with Gasteiger partial charge in [0.25, 0.3) is 0 Å². The van der Waals surface area contributed by atoms with Gasteiger partial charge < -0.3 is 10.4 Å². The smallest absolute Gasteiger partial charge is 0.382 e. The maximum atomic E-state index is 12.0. The number of hydrogen-bond acceptors (Lipinski definition) is 2. The number of hydrogen-bond donors (Lipinski definition) is 2. The van der Waals surface area contributed by atoms with E-state index >= 15 is 0 Å². The van der Waals surface area contributed by atoms with Gasteiger partial charge in [-0.3, -0.25) is 4.79 Å². The number of aliphatic hydroxyl groups is 1. The molecular formula is C11H16F3NO2. The van der Waals surface area contributed by atoms with Crippen LogP contribution in [0, 0.1) is 17.8 Å². The summed E-state index contributed by atoms with van der Waals surface area (Å²) in [4.78, 5) is 11.6. The van der Waals surface area contributed by atoms with Crippen molar-refractivity contribution in [3.05, 3.63) is 0 Å². The zero-order valence-corrected chi connectivity index (χ0v) is 9.33. The molecule has 3 atom stereocenters. The molecule has 0 aliphatic heterocycles. The van der Waals surface area contributed by atoms with Crippen LogP contribution in [0.2, 0.25) is 0 Å². The highest BCUT2D eigenvalue weighted by Crippen LogP contribution is 2.55. The fourth-order valence-electron chi connectivity index (χ4n) is 2.81. The van der Waals surface area contributed by atoms with Crippen LogP contribution in [-0.4, -0.2) is 29.8 Å². The lowest BCUT2D eigenvalue weighted by Gasteiger charge is -2.14. The second-order valence-corrected chi connectivity index (χ2v) is 4.94. The second kappa shape index (κ2) is 4.48. The van der Waals surface area contributed by atoms with Gasteiger partial charge in [-0.15, -0.1) is 0 Å². The summed E-state index contributed by atoms with van der Waals surface area (Å²) in [6.07, 6.45) is -2.91. The molecule has 2 aliphatic rings. The molecule has 17 heavy (non-hydrogen) atoms. The minimum atomic E-state index is -4.66. The normalized spacial score (nSPS) is 33.8. The number of fused-ring (bicyclic) bond motifs is 1. The fourth-order valence-corrected chi connectivity index (χ4v) is 2.81. The molecule has 98 valence electrons. The van der Waals surface area contributed by atoms with Gasteiger partial charge in [0.2, 0.25) is 5.91 Å². The molecule has 3 unspecified atom stereocenters. The molecule has 0 radical (unpaired) electrons. The van der Waals surface area contributed by atoms with Crippen molar-refractivity contribution in [3.8, 4) is 0 Å². The van der Waals surface area contributed by atoms with Crippen LogP contribution in [0.1, 0.15) is 25.7 Å². The largest absolute Gasteiger partial charge is 0.416 e. The molecular weight excluding hydrogens is 235 g/mol. The highest BCUT2D eigenvalue weighted by atomic mass is 19.4. The van der Waals surface area contributed by atoms with E-state index in [-0.39, 0.29) is 11.8 Å². The zero-order chi connectivity index (χ0) is 12.6. The van der Waals surface area contributed by atoms with Crippen molar-refractivity contribution in [3.63, 3.8) is 0 Å². The molecule has 0 aromatic rings. The van der Waals surface area contributed by atoms with Crippen LogP contribution in [0.15, 0.2) is 0 Å². The van der Waals surface area contributed by atoms with E-state index < -0.39 is 18.8 Å². The Balaban J connectivity index is 1.75. The fraction of sp³-hybridized carbons (Fsp3) is 0.909. The SMILES string of the molecule is O=C(NCC(O)C(F)(F)F)C1C2CCCCC21. The molecule has 1 amide bonds. The molecule has 2 aliphatic carbocycles. The summed E-state index contributed by atoms with van der Waals surface area (Å²) >= 11 is 0. The van der Waals surface area contributed by atoms with Crippen LogP contribution in [-0.2, 0) is 4.79 Å². The Hall–Kier alpha value is -0.780. The Morgan fingerprint density at radius 3 is 2.29 bits per heavy atom. The predicted molar refractivity (Wildman–Crippen MR) is 54.0 cm³/mol. The predicted octanol–water partition coefficient (Wildman–Crippen LogP) is 1.46. The second-order valence-electron chi connectivity index (χ2n) is 4.94. The summed E-state index contributed by atoms with van der Waals surface area (Å²) in [6.45, 7) is -0.738. The number of amides is 1. The van der Waals surface area contributed by atoms with Crippen molar-refractivity contribution in [2.24, 2.45) is 17.8 Å². The van der Waals surface area contributed by atoms with Crippen molar-refractivity contribution >= 4 is 5.91 Å². The van der Waals surface area contributed by atoms with Crippen LogP contribution >= 0.6 is 0 Å². The van der Waals surface area contributed by atoms with Crippen LogP contribution in [0.3, 0.4) is 0 Å². The summed E-state index contributed by atoms with van der Waals surface area (Å²) in [7, 11) is 0. The lowest BCUT2D eigenvalue weighted by molar-refractivity contribution is -0.201. The van der Waals surface area contributed by atoms with Gasteiger partial charge in [-0.25, -0.2) is 0 Å². The molecule has 0 heterocycles. The van der Waals surface area contributed by atoms with E-state index in [1.807, 2.05) is 0 Å².